The number of hydrogen-bond acceptors (Lipinski definition) is 1. The van der Waals surface area contributed by atoms with E-state index in [1.807, 2.05) is 0 Å². The second-order valence-electron chi connectivity index (χ2n) is 7.71. The molecule has 0 aromatic heterocycles. The molecule has 0 amide bonds. The molecule has 0 fully saturated rings. The molecule has 0 aliphatic rings. The van der Waals surface area contributed by atoms with Crippen LogP contribution in [0.1, 0.15) is 37.0 Å². The molecule has 10 heteroatoms. The first-order valence-corrected chi connectivity index (χ1v) is 8.94. The van der Waals surface area contributed by atoms with E-state index in [1.165, 1.54) is 26.0 Å². The molecule has 0 saturated carbocycles. The van der Waals surface area contributed by atoms with E-state index >= 15 is 0 Å². The molecule has 30 heavy (non-hydrogen) atoms. The predicted molar refractivity (Wildman–Crippen MR) is 95.2 cm³/mol. The third-order valence-corrected chi connectivity index (χ3v) is 5.06. The van der Waals surface area contributed by atoms with Crippen molar-refractivity contribution in [1.82, 2.24) is 0 Å². The maximum Gasteiger partial charge on any atom is 0.417 e. The lowest BCUT2D eigenvalue weighted by atomic mass is 9.73. The minimum absolute atomic E-state index is 0.118. The molecular formula is C20H17ClF8O. The van der Waals surface area contributed by atoms with E-state index < -0.39 is 64.0 Å². The highest BCUT2D eigenvalue weighted by Gasteiger charge is 2.56. The monoisotopic (exact) mass is 460 g/mol. The molecule has 0 aliphatic heterocycles. The van der Waals surface area contributed by atoms with E-state index in [1.54, 1.807) is 0 Å². The summed E-state index contributed by atoms with van der Waals surface area (Å²) < 4.78 is 108. The first-order valence-electron chi connectivity index (χ1n) is 8.56. The van der Waals surface area contributed by atoms with Gasteiger partial charge < -0.3 is 5.11 Å². The molecule has 0 heterocycles. The van der Waals surface area contributed by atoms with Gasteiger partial charge in [-0.25, -0.2) is 8.78 Å². The van der Waals surface area contributed by atoms with Gasteiger partial charge in [0.25, 0.3) is 0 Å². The normalized spacial score (nSPS) is 15.2. The molecule has 1 unspecified atom stereocenters. The van der Waals surface area contributed by atoms with Crippen molar-refractivity contribution in [3.05, 3.63) is 69.7 Å². The topological polar surface area (TPSA) is 20.2 Å². The maximum atomic E-state index is 14.3. The average molecular weight is 461 g/mol. The fraction of sp³-hybridized carbons (Fsp3) is 0.400. The largest absolute Gasteiger partial charge is 0.417 e. The van der Waals surface area contributed by atoms with Crippen molar-refractivity contribution < 1.29 is 40.2 Å². The van der Waals surface area contributed by atoms with Crippen LogP contribution in [0, 0.1) is 11.6 Å². The van der Waals surface area contributed by atoms with Crippen LogP contribution in [0.15, 0.2) is 36.4 Å². The van der Waals surface area contributed by atoms with E-state index in [4.69, 9.17) is 11.6 Å². The molecule has 2 aromatic carbocycles. The molecule has 0 spiro atoms. The lowest BCUT2D eigenvalue weighted by Crippen LogP contribution is -2.51. The Morgan fingerprint density at radius 1 is 0.900 bits per heavy atom. The Morgan fingerprint density at radius 3 is 2.00 bits per heavy atom. The van der Waals surface area contributed by atoms with Gasteiger partial charge in [0, 0.05) is 6.42 Å². The summed E-state index contributed by atoms with van der Waals surface area (Å²) in [6, 6.07) is 5.12. The van der Waals surface area contributed by atoms with E-state index in [2.05, 4.69) is 0 Å². The van der Waals surface area contributed by atoms with Gasteiger partial charge >= 0.3 is 12.4 Å². The van der Waals surface area contributed by atoms with E-state index in [0.717, 1.165) is 12.1 Å². The summed E-state index contributed by atoms with van der Waals surface area (Å²) in [6.45, 7) is 2.60. The van der Waals surface area contributed by atoms with Gasteiger partial charge in [-0.1, -0.05) is 37.6 Å². The van der Waals surface area contributed by atoms with Crippen molar-refractivity contribution in [2.45, 2.75) is 50.1 Å². The first kappa shape index (κ1) is 24.4. The number of benzene rings is 2. The summed E-state index contributed by atoms with van der Waals surface area (Å²) in [5, 5.41) is 9.45. The number of aliphatic hydroxyl groups is 1. The Labute approximate surface area is 172 Å². The molecule has 1 N–H and O–H groups in total. The standard InChI is InChI=1S/C20H17ClF8O/c1-17(2,12-4-3-5-14(22)7-12)10-18(30,20(27,28)29)9-11-6-13(19(24,25)26)8-15(21)16(11)23/h3-8,30H,9-10H2,1-2H3. The fourth-order valence-electron chi connectivity index (χ4n) is 3.26. The van der Waals surface area contributed by atoms with Gasteiger partial charge in [0.1, 0.15) is 11.6 Å². The molecular weight excluding hydrogens is 444 g/mol. The lowest BCUT2D eigenvalue weighted by molar-refractivity contribution is -0.266. The van der Waals surface area contributed by atoms with Gasteiger partial charge in [0.2, 0.25) is 0 Å². The smallest absolute Gasteiger partial charge is 0.380 e. The summed E-state index contributed by atoms with van der Waals surface area (Å²) in [7, 11) is 0. The van der Waals surface area contributed by atoms with E-state index in [0.29, 0.717) is 0 Å². The second kappa shape index (κ2) is 8.00. The predicted octanol–water partition coefficient (Wildman–Crippen LogP) is 6.84. The zero-order chi connectivity index (χ0) is 23.1. The summed E-state index contributed by atoms with van der Waals surface area (Å²) >= 11 is 5.44. The van der Waals surface area contributed by atoms with Crippen molar-refractivity contribution in [1.29, 1.82) is 0 Å². The zero-order valence-electron chi connectivity index (χ0n) is 15.7. The van der Waals surface area contributed by atoms with Gasteiger partial charge in [0.15, 0.2) is 5.60 Å². The molecule has 0 bridgehead atoms. The van der Waals surface area contributed by atoms with Crippen LogP contribution in [0.5, 0.6) is 0 Å². The summed E-state index contributed by atoms with van der Waals surface area (Å²) in [5.74, 6) is -2.21. The molecule has 2 rings (SSSR count). The minimum atomic E-state index is -5.33. The molecule has 1 nitrogen and oxygen atoms in total. The third kappa shape index (κ3) is 5.24. The zero-order valence-corrected chi connectivity index (χ0v) is 16.5. The highest BCUT2D eigenvalue weighted by molar-refractivity contribution is 6.30. The Hall–Kier alpha value is -1.87. The molecule has 2 aromatic rings. The van der Waals surface area contributed by atoms with Gasteiger partial charge in [-0.15, -0.1) is 0 Å². The van der Waals surface area contributed by atoms with Crippen LogP contribution >= 0.6 is 11.6 Å². The second-order valence-corrected chi connectivity index (χ2v) is 8.11. The van der Waals surface area contributed by atoms with Crippen LogP contribution in [-0.2, 0) is 18.0 Å². The lowest BCUT2D eigenvalue weighted by Gasteiger charge is -2.38. The number of halogens is 9. The van der Waals surface area contributed by atoms with Crippen LogP contribution in [0.25, 0.3) is 0 Å². The molecule has 166 valence electrons. The van der Waals surface area contributed by atoms with Gasteiger partial charge in [-0.2, -0.15) is 26.3 Å². The van der Waals surface area contributed by atoms with Crippen molar-refractivity contribution in [3.63, 3.8) is 0 Å². The summed E-state index contributed by atoms with van der Waals surface area (Å²) in [5.41, 5.74) is -7.44. The Bertz CT molecular complexity index is 920. The van der Waals surface area contributed by atoms with E-state index in [-0.39, 0.29) is 17.7 Å². The molecule has 0 aliphatic carbocycles. The summed E-state index contributed by atoms with van der Waals surface area (Å²) in [6.07, 6.45) is -12.9. The SMILES string of the molecule is CC(C)(CC(O)(Cc1cc(C(F)(F)F)cc(Cl)c1F)C(F)(F)F)c1cccc(F)c1. The number of alkyl halides is 6. The van der Waals surface area contributed by atoms with Crippen molar-refractivity contribution in [2.24, 2.45) is 0 Å². The number of rotatable bonds is 5. The van der Waals surface area contributed by atoms with Crippen molar-refractivity contribution in [2.75, 3.05) is 0 Å². The van der Waals surface area contributed by atoms with Crippen LogP contribution in [0.2, 0.25) is 5.02 Å². The van der Waals surface area contributed by atoms with Gasteiger partial charge in [0.05, 0.1) is 10.6 Å². The molecule has 1 atom stereocenters. The Kier molecular flexibility index (Phi) is 6.50. The first-order chi connectivity index (χ1) is 13.5. The Balaban J connectivity index is 2.52. The van der Waals surface area contributed by atoms with Crippen LogP contribution in [0.4, 0.5) is 35.1 Å². The quantitative estimate of drug-likeness (QED) is 0.484. The van der Waals surface area contributed by atoms with Crippen LogP contribution in [0.3, 0.4) is 0 Å². The highest BCUT2D eigenvalue weighted by Crippen LogP contribution is 2.44. The van der Waals surface area contributed by atoms with Gasteiger partial charge in [-0.3, -0.25) is 0 Å². The minimum Gasteiger partial charge on any atom is -0.380 e. The van der Waals surface area contributed by atoms with Crippen LogP contribution < -0.4 is 0 Å². The molecule has 0 saturated heterocycles. The maximum absolute atomic E-state index is 14.3. The summed E-state index contributed by atoms with van der Waals surface area (Å²) in [4.78, 5) is 0. The van der Waals surface area contributed by atoms with Crippen LogP contribution in [-0.4, -0.2) is 16.9 Å². The fourth-order valence-corrected chi connectivity index (χ4v) is 3.50. The third-order valence-electron chi connectivity index (χ3n) is 4.78. The van der Waals surface area contributed by atoms with E-state index in [9.17, 15) is 40.2 Å². The highest BCUT2D eigenvalue weighted by atomic mass is 35.5. The van der Waals surface area contributed by atoms with Gasteiger partial charge in [-0.05, 0) is 47.2 Å². The average Bonchev–Trinajstić information content (AvgIpc) is 2.56. The molecule has 0 radical (unpaired) electrons. The van der Waals surface area contributed by atoms with Crippen molar-refractivity contribution in [3.8, 4) is 0 Å². The Morgan fingerprint density at radius 2 is 1.50 bits per heavy atom. The number of hydrogen-bond donors (Lipinski definition) is 1. The van der Waals surface area contributed by atoms with Crippen molar-refractivity contribution >= 4 is 11.6 Å².